The Hall–Kier alpha value is -2.78. The summed E-state index contributed by atoms with van der Waals surface area (Å²) in [5.41, 5.74) is -2.74. The van der Waals surface area contributed by atoms with E-state index in [9.17, 15) is 36.9 Å². The van der Waals surface area contributed by atoms with E-state index in [-0.39, 0.29) is 6.42 Å². The molecule has 0 heterocycles. The highest BCUT2D eigenvalue weighted by molar-refractivity contribution is 7.88. The first-order valence-corrected chi connectivity index (χ1v) is 13.2. The number of carboxylic acid groups (broad SMARTS) is 5. The summed E-state index contributed by atoms with van der Waals surface area (Å²) in [7, 11) is -5.01. The fourth-order valence-corrected chi connectivity index (χ4v) is 4.39. The van der Waals surface area contributed by atoms with E-state index < -0.39 is 76.0 Å². The zero-order chi connectivity index (χ0) is 29.3. The molecule has 0 fully saturated rings. The highest BCUT2D eigenvalue weighted by atomic mass is 32.2. The smallest absolute Gasteiger partial charge is 0.336 e. The van der Waals surface area contributed by atoms with Crippen LogP contribution in [-0.4, -0.2) is 83.8 Å². The summed E-state index contributed by atoms with van der Waals surface area (Å²) < 4.78 is 29.4. The van der Waals surface area contributed by atoms with Gasteiger partial charge in [-0.3, -0.25) is 23.7 Å². The summed E-state index contributed by atoms with van der Waals surface area (Å²) in [6, 6.07) is 0. The second-order valence-corrected chi connectivity index (χ2v) is 10.5. The molecule has 0 aromatic rings. The molecule has 37 heavy (non-hydrogen) atoms. The summed E-state index contributed by atoms with van der Waals surface area (Å²) in [4.78, 5) is 52.6. The lowest BCUT2D eigenvalue weighted by atomic mass is 9.96. The van der Waals surface area contributed by atoms with E-state index >= 15 is 0 Å². The Morgan fingerprint density at radius 1 is 0.595 bits per heavy atom. The van der Waals surface area contributed by atoms with Gasteiger partial charge in [0.1, 0.15) is 0 Å². The second-order valence-electron chi connectivity index (χ2n) is 8.75. The van der Waals surface area contributed by atoms with Crippen LogP contribution in [-0.2, 0) is 34.1 Å². The number of carboxylic acids is 5. The molecule has 15 heteroatoms. The molecule has 0 saturated carbocycles. The molecule has 7 N–H and O–H groups in total. The number of rotatable bonds is 20. The Bertz CT molecular complexity index is 851. The number of carbonyl (C=O) groups is 5. The lowest BCUT2D eigenvalue weighted by molar-refractivity contribution is -0.170. The van der Waals surface area contributed by atoms with Crippen LogP contribution < -0.4 is 0 Å². The number of unbranched alkanes of at least 4 members (excludes halogenated alkanes) is 9. The van der Waals surface area contributed by atoms with Gasteiger partial charge in [-0.15, -0.1) is 0 Å². The molecule has 0 aliphatic rings. The average Bonchev–Trinajstić information content (AvgIpc) is 2.72. The molecule has 0 aromatic carbocycles. The van der Waals surface area contributed by atoms with Crippen molar-refractivity contribution < 1.29 is 67.6 Å². The van der Waals surface area contributed by atoms with Crippen LogP contribution in [0.5, 0.6) is 0 Å². The first-order chi connectivity index (χ1) is 16.9. The zero-order valence-electron chi connectivity index (χ0n) is 20.8. The minimum Gasteiger partial charge on any atom is -0.481 e. The standard InChI is InChI=1S/C16H30O7S.C6H8O7/c1-2-3-4-5-6-7-8-9-10-11-12-16(15(19)20,13-14(17)18)24(21,22)23;7-3(8)1-6(13,5(11)12)2-4(9)10/h2-13H2,1H3,(H,17,18)(H,19,20)(H,21,22,23);13H,1-2H2,(H,7,8)(H,9,10)(H,11,12). The molecule has 0 amide bonds. The van der Waals surface area contributed by atoms with Crippen molar-refractivity contribution in [2.45, 2.75) is 107 Å². The van der Waals surface area contributed by atoms with Crippen LogP contribution in [0.2, 0.25) is 0 Å². The maximum absolute atomic E-state index is 11.4. The first-order valence-electron chi connectivity index (χ1n) is 11.8. The maximum atomic E-state index is 11.4. The molecule has 0 aliphatic carbocycles. The number of aliphatic carboxylic acids is 5. The maximum Gasteiger partial charge on any atom is 0.336 e. The summed E-state index contributed by atoms with van der Waals surface area (Å²) in [5, 5.41) is 51.7. The number of hydrogen-bond donors (Lipinski definition) is 7. The molecule has 0 spiro atoms. The van der Waals surface area contributed by atoms with Crippen LogP contribution in [0.15, 0.2) is 0 Å². The van der Waals surface area contributed by atoms with E-state index in [1.165, 1.54) is 25.7 Å². The quantitative estimate of drug-likeness (QED) is 0.0834. The van der Waals surface area contributed by atoms with E-state index in [2.05, 4.69) is 6.92 Å². The summed E-state index contributed by atoms with van der Waals surface area (Å²) in [5.74, 6) is -8.40. The van der Waals surface area contributed by atoms with Crippen LogP contribution in [0.1, 0.15) is 96.8 Å². The largest absolute Gasteiger partial charge is 0.481 e. The predicted octanol–water partition coefficient (Wildman–Crippen LogP) is 2.23. The van der Waals surface area contributed by atoms with Crippen molar-refractivity contribution in [2.24, 2.45) is 0 Å². The molecule has 0 aromatic heterocycles. The third-order valence-electron chi connectivity index (χ3n) is 5.54. The van der Waals surface area contributed by atoms with Crippen LogP contribution >= 0.6 is 0 Å². The molecule has 14 nitrogen and oxygen atoms in total. The van der Waals surface area contributed by atoms with Crippen LogP contribution in [0.4, 0.5) is 0 Å². The Morgan fingerprint density at radius 2 is 0.946 bits per heavy atom. The van der Waals surface area contributed by atoms with Crippen molar-refractivity contribution in [3.63, 3.8) is 0 Å². The van der Waals surface area contributed by atoms with Crippen LogP contribution in [0.25, 0.3) is 0 Å². The third kappa shape index (κ3) is 15.2. The minimum absolute atomic E-state index is 0.245. The van der Waals surface area contributed by atoms with Gasteiger partial charge in [-0.1, -0.05) is 71.1 Å². The Balaban J connectivity index is 0. The van der Waals surface area contributed by atoms with Crippen molar-refractivity contribution in [3.8, 4) is 0 Å². The molecule has 1 unspecified atom stereocenters. The summed E-state index contributed by atoms with van der Waals surface area (Å²) in [6.07, 6.45) is 5.98. The number of aliphatic hydroxyl groups is 1. The fourth-order valence-electron chi connectivity index (χ4n) is 3.46. The average molecular weight is 559 g/mol. The van der Waals surface area contributed by atoms with Gasteiger partial charge in [0.05, 0.1) is 19.3 Å². The van der Waals surface area contributed by atoms with Gasteiger partial charge in [-0.25, -0.2) is 4.79 Å². The van der Waals surface area contributed by atoms with Gasteiger partial charge in [0, 0.05) is 0 Å². The first kappa shape index (κ1) is 36.4. The Labute approximate surface area is 215 Å². The monoisotopic (exact) mass is 558 g/mol. The highest BCUT2D eigenvalue weighted by Crippen LogP contribution is 2.29. The van der Waals surface area contributed by atoms with Gasteiger partial charge in [0.15, 0.2) is 5.60 Å². The Kier molecular flexibility index (Phi) is 17.3. The van der Waals surface area contributed by atoms with Crippen molar-refractivity contribution in [1.82, 2.24) is 0 Å². The minimum atomic E-state index is -5.01. The molecule has 0 aliphatic heterocycles. The number of hydrogen-bond acceptors (Lipinski definition) is 8. The van der Waals surface area contributed by atoms with E-state index in [1.54, 1.807) is 0 Å². The van der Waals surface area contributed by atoms with Crippen molar-refractivity contribution >= 4 is 40.0 Å². The normalized spacial score (nSPS) is 13.1. The molecular formula is C22H38O14S. The van der Waals surface area contributed by atoms with Crippen molar-refractivity contribution in [1.29, 1.82) is 0 Å². The molecule has 0 bridgehead atoms. The van der Waals surface area contributed by atoms with Gasteiger partial charge in [-0.2, -0.15) is 8.42 Å². The van der Waals surface area contributed by atoms with Gasteiger partial charge < -0.3 is 30.6 Å². The van der Waals surface area contributed by atoms with E-state index in [0.717, 1.165) is 25.7 Å². The van der Waals surface area contributed by atoms with Gasteiger partial charge in [-0.05, 0) is 6.42 Å². The fraction of sp³-hybridized carbons (Fsp3) is 0.773. The molecular weight excluding hydrogens is 520 g/mol. The molecule has 0 rings (SSSR count). The van der Waals surface area contributed by atoms with Crippen LogP contribution in [0, 0.1) is 0 Å². The van der Waals surface area contributed by atoms with Gasteiger partial charge in [0.2, 0.25) is 4.75 Å². The zero-order valence-corrected chi connectivity index (χ0v) is 21.6. The SMILES string of the molecule is CCCCCCCCCCCCC(CC(=O)O)(C(=O)O)S(=O)(=O)O.O=C(O)CC(O)(CC(=O)O)C(=O)O. The predicted molar refractivity (Wildman–Crippen MR) is 128 cm³/mol. The van der Waals surface area contributed by atoms with E-state index in [4.69, 9.17) is 30.6 Å². The van der Waals surface area contributed by atoms with Gasteiger partial charge >= 0.3 is 29.8 Å². The summed E-state index contributed by atoms with van der Waals surface area (Å²) >= 11 is 0. The molecule has 216 valence electrons. The van der Waals surface area contributed by atoms with Gasteiger partial charge in [0.25, 0.3) is 10.1 Å². The van der Waals surface area contributed by atoms with Crippen LogP contribution in [0.3, 0.4) is 0 Å². The third-order valence-corrected chi connectivity index (χ3v) is 7.05. The lowest BCUT2D eigenvalue weighted by Gasteiger charge is -2.24. The van der Waals surface area contributed by atoms with Crippen molar-refractivity contribution in [2.75, 3.05) is 0 Å². The molecule has 1 atom stereocenters. The van der Waals surface area contributed by atoms with Crippen molar-refractivity contribution in [3.05, 3.63) is 0 Å². The molecule has 0 radical (unpaired) electrons. The topological polar surface area (TPSA) is 261 Å². The lowest BCUT2D eigenvalue weighted by Crippen LogP contribution is -2.48. The highest BCUT2D eigenvalue weighted by Gasteiger charge is 2.51. The van der Waals surface area contributed by atoms with E-state index in [0.29, 0.717) is 6.42 Å². The Morgan fingerprint density at radius 3 is 1.22 bits per heavy atom. The molecule has 0 saturated heterocycles. The second kappa shape index (κ2) is 17.6. The summed E-state index contributed by atoms with van der Waals surface area (Å²) in [6.45, 7) is 2.16. The van der Waals surface area contributed by atoms with E-state index in [1.807, 2.05) is 0 Å².